The largest absolute Gasteiger partial charge is 0.310 e. The standard InChI is InChI=1S/C18H20N2S/c1-3-13-6-9-17(11-14(13)4-1)21-18-15(5-2-10-19-18)12-20-16-7-8-16/h2,5-6,9-11,16,20H,1,3-4,7-8,12H2. The number of hydrogen-bond acceptors (Lipinski definition) is 3. The van der Waals surface area contributed by atoms with Gasteiger partial charge in [-0.25, -0.2) is 4.98 Å². The molecule has 0 saturated heterocycles. The third-order valence-electron chi connectivity index (χ3n) is 4.29. The smallest absolute Gasteiger partial charge is 0.105 e. The predicted molar refractivity (Wildman–Crippen MR) is 86.7 cm³/mol. The maximum Gasteiger partial charge on any atom is 0.105 e. The van der Waals surface area contributed by atoms with Crippen molar-refractivity contribution in [2.24, 2.45) is 0 Å². The highest BCUT2D eigenvalue weighted by atomic mass is 32.2. The van der Waals surface area contributed by atoms with Crippen molar-refractivity contribution in [3.63, 3.8) is 0 Å². The van der Waals surface area contributed by atoms with E-state index < -0.39 is 0 Å². The van der Waals surface area contributed by atoms with E-state index in [9.17, 15) is 0 Å². The van der Waals surface area contributed by atoms with Gasteiger partial charge in [0.05, 0.1) is 0 Å². The Labute approximate surface area is 130 Å². The van der Waals surface area contributed by atoms with Gasteiger partial charge in [-0.3, -0.25) is 0 Å². The van der Waals surface area contributed by atoms with Crippen LogP contribution in [0.5, 0.6) is 0 Å². The van der Waals surface area contributed by atoms with E-state index in [-0.39, 0.29) is 0 Å². The molecule has 2 aliphatic carbocycles. The minimum atomic E-state index is 0.739. The first kappa shape index (κ1) is 13.4. The maximum atomic E-state index is 4.59. The van der Waals surface area contributed by atoms with Crippen LogP contribution in [0.4, 0.5) is 0 Å². The van der Waals surface area contributed by atoms with E-state index in [0.29, 0.717) is 0 Å². The number of nitrogens with zero attached hydrogens (tertiary/aromatic N) is 1. The molecule has 21 heavy (non-hydrogen) atoms. The summed E-state index contributed by atoms with van der Waals surface area (Å²) in [6, 6.07) is 11.9. The summed E-state index contributed by atoms with van der Waals surface area (Å²) in [6.45, 7) is 0.936. The molecule has 0 amide bonds. The summed E-state index contributed by atoms with van der Waals surface area (Å²) in [5, 5.41) is 4.73. The number of fused-ring (bicyclic) bond motifs is 1. The molecule has 1 aromatic heterocycles. The molecular weight excluding hydrogens is 276 g/mol. The van der Waals surface area contributed by atoms with Gasteiger partial charge in [-0.2, -0.15) is 0 Å². The van der Waals surface area contributed by atoms with Gasteiger partial charge in [0, 0.05) is 23.7 Å². The monoisotopic (exact) mass is 296 g/mol. The van der Waals surface area contributed by atoms with Crippen molar-refractivity contribution >= 4 is 11.8 Å². The Bertz CT molecular complexity index is 649. The van der Waals surface area contributed by atoms with Crippen LogP contribution < -0.4 is 5.32 Å². The van der Waals surface area contributed by atoms with Crippen molar-refractivity contribution in [1.82, 2.24) is 10.3 Å². The summed E-state index contributed by atoms with van der Waals surface area (Å²) in [7, 11) is 0. The first-order valence-electron chi connectivity index (χ1n) is 7.85. The Kier molecular flexibility index (Phi) is 3.70. The maximum absolute atomic E-state index is 4.59. The summed E-state index contributed by atoms with van der Waals surface area (Å²) in [5.41, 5.74) is 4.39. The van der Waals surface area contributed by atoms with E-state index in [1.807, 2.05) is 12.3 Å². The van der Waals surface area contributed by atoms with Crippen LogP contribution in [0.3, 0.4) is 0 Å². The highest BCUT2D eigenvalue weighted by Crippen LogP contribution is 2.33. The molecule has 3 heteroatoms. The Hall–Kier alpha value is -1.32. The van der Waals surface area contributed by atoms with E-state index in [0.717, 1.165) is 17.6 Å². The molecule has 0 atom stereocenters. The molecule has 0 bridgehead atoms. The number of aromatic nitrogens is 1. The predicted octanol–water partition coefficient (Wildman–Crippen LogP) is 3.97. The fraction of sp³-hybridized carbons (Fsp3) is 0.389. The number of hydrogen-bond donors (Lipinski definition) is 1. The molecule has 0 aliphatic heterocycles. The van der Waals surface area contributed by atoms with E-state index in [1.54, 1.807) is 11.8 Å². The summed E-state index contributed by atoms with van der Waals surface area (Å²) in [5.74, 6) is 0. The minimum absolute atomic E-state index is 0.739. The molecule has 2 aromatic rings. The second kappa shape index (κ2) is 5.82. The summed E-state index contributed by atoms with van der Waals surface area (Å²) < 4.78 is 0. The average Bonchev–Trinajstić information content (AvgIpc) is 3.22. The fourth-order valence-corrected chi connectivity index (χ4v) is 3.86. The molecule has 0 spiro atoms. The molecule has 1 saturated carbocycles. The highest BCUT2D eigenvalue weighted by molar-refractivity contribution is 7.99. The normalized spacial score (nSPS) is 17.0. The van der Waals surface area contributed by atoms with Crippen LogP contribution in [-0.4, -0.2) is 11.0 Å². The lowest BCUT2D eigenvalue weighted by molar-refractivity contribution is 0.675. The molecule has 2 aliphatic rings. The van der Waals surface area contributed by atoms with Crippen LogP contribution >= 0.6 is 11.8 Å². The summed E-state index contributed by atoms with van der Waals surface area (Å²) >= 11 is 1.80. The van der Waals surface area contributed by atoms with E-state index >= 15 is 0 Å². The van der Waals surface area contributed by atoms with Gasteiger partial charge >= 0.3 is 0 Å². The average molecular weight is 296 g/mol. The number of rotatable bonds is 5. The van der Waals surface area contributed by atoms with Crippen LogP contribution in [0.25, 0.3) is 0 Å². The van der Waals surface area contributed by atoms with E-state index in [1.165, 1.54) is 53.7 Å². The van der Waals surface area contributed by atoms with E-state index in [4.69, 9.17) is 0 Å². The molecule has 1 heterocycles. The van der Waals surface area contributed by atoms with Gasteiger partial charge in [0.15, 0.2) is 0 Å². The third-order valence-corrected chi connectivity index (χ3v) is 5.34. The Morgan fingerprint density at radius 3 is 2.95 bits per heavy atom. The van der Waals surface area contributed by atoms with Gasteiger partial charge in [0.1, 0.15) is 5.03 Å². The molecule has 108 valence electrons. The number of benzene rings is 1. The summed E-state index contributed by atoms with van der Waals surface area (Å²) in [4.78, 5) is 5.91. The van der Waals surface area contributed by atoms with Crippen molar-refractivity contribution in [3.05, 3.63) is 53.2 Å². The highest BCUT2D eigenvalue weighted by Gasteiger charge is 2.20. The first-order valence-corrected chi connectivity index (χ1v) is 8.67. The van der Waals surface area contributed by atoms with Gasteiger partial charge in [-0.1, -0.05) is 23.9 Å². The second-order valence-electron chi connectivity index (χ2n) is 6.01. The molecule has 1 fully saturated rings. The number of aryl methyl sites for hydroxylation is 2. The van der Waals surface area contributed by atoms with Crippen molar-refractivity contribution in [3.8, 4) is 0 Å². The molecule has 1 aromatic carbocycles. The third kappa shape index (κ3) is 3.14. The fourth-order valence-electron chi connectivity index (χ4n) is 2.92. The van der Waals surface area contributed by atoms with Gasteiger partial charge in [0.25, 0.3) is 0 Å². The first-order chi connectivity index (χ1) is 10.4. The van der Waals surface area contributed by atoms with Crippen LogP contribution in [-0.2, 0) is 19.4 Å². The quantitative estimate of drug-likeness (QED) is 0.903. The zero-order valence-electron chi connectivity index (χ0n) is 12.1. The lowest BCUT2D eigenvalue weighted by Crippen LogP contribution is -2.16. The van der Waals surface area contributed by atoms with E-state index in [2.05, 4.69) is 34.6 Å². The molecule has 0 radical (unpaired) electrons. The molecular formula is C18H20N2S. The van der Waals surface area contributed by atoms with Crippen LogP contribution in [0.1, 0.15) is 36.0 Å². The molecule has 1 N–H and O–H groups in total. The zero-order chi connectivity index (χ0) is 14.1. The van der Waals surface area contributed by atoms with Crippen LogP contribution in [0, 0.1) is 0 Å². The number of nitrogens with one attached hydrogen (secondary N) is 1. The topological polar surface area (TPSA) is 24.9 Å². The lowest BCUT2D eigenvalue weighted by atomic mass is 10.1. The van der Waals surface area contributed by atoms with Crippen LogP contribution in [0.2, 0.25) is 0 Å². The lowest BCUT2D eigenvalue weighted by Gasteiger charge is -2.10. The molecule has 2 nitrogen and oxygen atoms in total. The van der Waals surface area contributed by atoms with Gasteiger partial charge in [-0.05, 0) is 67.0 Å². The summed E-state index contributed by atoms with van der Waals surface area (Å²) in [6.07, 6.45) is 8.35. The zero-order valence-corrected chi connectivity index (χ0v) is 13.0. The Morgan fingerprint density at radius 2 is 2.05 bits per heavy atom. The molecule has 0 unspecified atom stereocenters. The van der Waals surface area contributed by atoms with Crippen LogP contribution in [0.15, 0.2) is 46.5 Å². The van der Waals surface area contributed by atoms with Gasteiger partial charge < -0.3 is 5.32 Å². The van der Waals surface area contributed by atoms with Crippen molar-refractivity contribution in [1.29, 1.82) is 0 Å². The second-order valence-corrected chi connectivity index (χ2v) is 7.07. The minimum Gasteiger partial charge on any atom is -0.310 e. The SMILES string of the molecule is c1cnc(Sc2ccc3c(c2)CCC3)c(CNC2CC2)c1. The van der Waals surface area contributed by atoms with Gasteiger partial charge in [-0.15, -0.1) is 0 Å². The van der Waals surface area contributed by atoms with Crippen molar-refractivity contribution < 1.29 is 0 Å². The molecule has 4 rings (SSSR count). The Balaban J connectivity index is 1.53. The van der Waals surface area contributed by atoms with Gasteiger partial charge in [0.2, 0.25) is 0 Å². The Morgan fingerprint density at radius 1 is 1.14 bits per heavy atom. The van der Waals surface area contributed by atoms with Crippen molar-refractivity contribution in [2.45, 2.75) is 54.6 Å². The number of pyridine rings is 1. The van der Waals surface area contributed by atoms with Crippen molar-refractivity contribution in [2.75, 3.05) is 0 Å².